The maximum atomic E-state index is 10.1. The number of carboxylic acid groups (broad SMARTS) is 6. The van der Waals surface area contributed by atoms with Crippen LogP contribution in [0.1, 0.15) is 308 Å². The summed E-state index contributed by atoms with van der Waals surface area (Å²) in [6, 6.07) is 0. The first-order valence-corrected chi connectivity index (χ1v) is 30.5. The number of carbonyl (C=O) groups excluding carboxylic acids is 6. The van der Waals surface area contributed by atoms with Crippen molar-refractivity contribution in [2.24, 2.45) is 0 Å². The van der Waals surface area contributed by atoms with E-state index in [-0.39, 0.29) is 59.6 Å². The molecule has 0 fully saturated rings. The van der Waals surface area contributed by atoms with Crippen LogP contribution in [0.3, 0.4) is 0 Å². The molecule has 0 radical (unpaired) electrons. The molecule has 0 spiro atoms. The first-order valence-electron chi connectivity index (χ1n) is 30.5. The fourth-order valence-corrected chi connectivity index (χ4v) is 7.59. The molecule has 0 unspecified atom stereocenters. The number of allylic oxidation sites excluding steroid dienone is 6. The third-order valence-corrected chi connectivity index (χ3v) is 12.2. The molecular weight excluding hydrogens is 1080 g/mol. The van der Waals surface area contributed by atoms with E-state index in [1.165, 1.54) is 116 Å². The van der Waals surface area contributed by atoms with Crippen molar-refractivity contribution < 1.29 is 80.5 Å². The van der Waals surface area contributed by atoms with Crippen molar-refractivity contribution in [2.75, 3.05) is 0 Å². The van der Waals surface area contributed by atoms with Crippen molar-refractivity contribution in [1.82, 2.24) is 0 Å². The van der Waals surface area contributed by atoms with E-state index in [0.29, 0.717) is 0 Å². The minimum atomic E-state index is -0.924. The number of carbonyl (C=O) groups is 6. The molecule has 0 bridgehead atoms. The van der Waals surface area contributed by atoms with Gasteiger partial charge in [-0.15, -0.1) is 39.5 Å². The van der Waals surface area contributed by atoms with Crippen molar-refractivity contribution in [2.45, 2.75) is 308 Å². The van der Waals surface area contributed by atoms with Crippen LogP contribution in [0.25, 0.3) is 0 Å². The van der Waals surface area contributed by atoms with E-state index in [2.05, 4.69) is 39.5 Å². The Kier molecular flexibility index (Phi) is 95.8. The van der Waals surface area contributed by atoms with Crippen LogP contribution in [-0.4, -0.2) is 35.8 Å². The minimum absolute atomic E-state index is 0. The van der Waals surface area contributed by atoms with E-state index in [0.717, 1.165) is 154 Å². The summed E-state index contributed by atoms with van der Waals surface area (Å²) in [5, 5.41) is 60.3. The number of hydrogen-bond acceptors (Lipinski definition) is 12. The Hall–Kier alpha value is -4.05. The molecule has 0 aromatic rings. The average molecular weight is 1200 g/mol. The van der Waals surface area contributed by atoms with Crippen LogP contribution < -0.4 is 30.6 Å². The van der Waals surface area contributed by atoms with Gasteiger partial charge in [0.05, 0.1) is 0 Å². The Labute approximate surface area is 497 Å². The van der Waals surface area contributed by atoms with E-state index in [9.17, 15) is 59.4 Å². The summed E-state index contributed by atoms with van der Waals surface area (Å²) in [6.07, 6.45) is 59.0. The smallest absolute Gasteiger partial charge is 0.550 e. The van der Waals surface area contributed by atoms with Crippen LogP contribution in [-0.2, 0) is 49.8 Å². The topological polar surface area (TPSA) is 241 Å². The van der Waals surface area contributed by atoms with Gasteiger partial charge in [0.25, 0.3) is 0 Å². The predicted molar refractivity (Wildman–Crippen MR) is 313 cm³/mol. The van der Waals surface area contributed by atoms with Crippen molar-refractivity contribution in [3.63, 3.8) is 0 Å². The molecular formula is C66H114MoO12. The quantitative estimate of drug-likeness (QED) is 0.0314. The summed E-state index contributed by atoms with van der Waals surface area (Å²) in [6.45, 7) is 21.9. The number of aliphatic carboxylic acids is 6. The van der Waals surface area contributed by atoms with Crippen molar-refractivity contribution >= 4 is 35.8 Å². The fraction of sp³-hybridized carbons (Fsp3) is 0.727. The molecule has 0 N–H and O–H groups in total. The Balaban J connectivity index is -0.000000157. The Morgan fingerprint density at radius 2 is 0.278 bits per heavy atom. The van der Waals surface area contributed by atoms with Crippen LogP contribution in [0.2, 0.25) is 0 Å². The van der Waals surface area contributed by atoms with E-state index < -0.39 is 35.8 Å². The summed E-state index contributed by atoms with van der Waals surface area (Å²) in [5.74, 6) is -5.55. The Morgan fingerprint density at radius 3 is 0.367 bits per heavy atom. The van der Waals surface area contributed by atoms with Crippen molar-refractivity contribution in [3.05, 3.63) is 75.9 Å². The normalized spacial score (nSPS) is 9.72. The Bertz CT molecular complexity index is 1120. The first kappa shape index (κ1) is 88.8. The van der Waals surface area contributed by atoms with Gasteiger partial charge in [0.15, 0.2) is 0 Å². The molecule has 0 saturated carbocycles. The van der Waals surface area contributed by atoms with Crippen LogP contribution in [0.5, 0.6) is 0 Å². The van der Waals surface area contributed by atoms with Crippen molar-refractivity contribution in [3.8, 4) is 0 Å². The number of carboxylic acids is 6. The second kappa shape index (κ2) is 85.2. The zero-order valence-electron chi connectivity index (χ0n) is 50.0. The molecule has 0 saturated heterocycles. The molecule has 0 aromatic carbocycles. The first-order chi connectivity index (χ1) is 37.6. The standard InChI is InChI=1S/6C11H20O2.Mo/c6*1-2-3-4-5-6-7-8-9-10-11(12)13;/h6*2H,1,3-10H2,(H,12,13);/q;;;;;;+6/p-6. The molecule has 13 heteroatoms. The molecule has 0 rings (SSSR count). The molecule has 0 aliphatic heterocycles. The van der Waals surface area contributed by atoms with E-state index >= 15 is 0 Å². The summed E-state index contributed by atoms with van der Waals surface area (Å²) in [7, 11) is 0. The summed E-state index contributed by atoms with van der Waals surface area (Å²) in [4.78, 5) is 60.3. The molecule has 456 valence electrons. The van der Waals surface area contributed by atoms with Gasteiger partial charge in [-0.25, -0.2) is 0 Å². The summed E-state index contributed by atoms with van der Waals surface area (Å²) < 4.78 is 0. The largest absolute Gasteiger partial charge is 6.00 e. The number of rotatable bonds is 54. The van der Waals surface area contributed by atoms with Gasteiger partial charge in [0, 0.05) is 35.8 Å². The van der Waals surface area contributed by atoms with Gasteiger partial charge in [-0.1, -0.05) is 191 Å². The third kappa shape index (κ3) is 122. The van der Waals surface area contributed by atoms with Crippen LogP contribution in [0.4, 0.5) is 0 Å². The fourth-order valence-electron chi connectivity index (χ4n) is 7.59. The number of hydrogen-bond donors (Lipinski definition) is 0. The van der Waals surface area contributed by atoms with Gasteiger partial charge < -0.3 is 59.4 Å². The monoisotopic (exact) mass is 1200 g/mol. The van der Waals surface area contributed by atoms with E-state index in [4.69, 9.17) is 0 Å². The van der Waals surface area contributed by atoms with E-state index in [1.807, 2.05) is 36.5 Å². The Morgan fingerprint density at radius 1 is 0.190 bits per heavy atom. The maximum Gasteiger partial charge on any atom is 6.00 e. The molecule has 0 heterocycles. The average Bonchev–Trinajstić information content (AvgIpc) is 3.39. The van der Waals surface area contributed by atoms with Gasteiger partial charge >= 0.3 is 21.1 Å². The second-order valence-electron chi connectivity index (χ2n) is 19.9. The molecule has 0 atom stereocenters. The number of unbranched alkanes of at least 4 members (excludes halogenated alkanes) is 36. The minimum Gasteiger partial charge on any atom is -0.550 e. The third-order valence-electron chi connectivity index (χ3n) is 12.2. The van der Waals surface area contributed by atoms with Crippen LogP contribution in [0, 0.1) is 0 Å². The SMILES string of the molecule is C=CCCCCCCCCC(=O)[O-].C=CCCCCCCCCC(=O)[O-].C=CCCCCCCCCC(=O)[O-].C=CCCCCCCCCC(=O)[O-].C=CCCCCCCCCC(=O)[O-].C=CCCCCCCCCC(=O)[O-].[Mo+6]. The van der Waals surface area contributed by atoms with Gasteiger partial charge in [-0.2, -0.15) is 0 Å². The molecule has 0 aliphatic rings. The molecule has 0 aliphatic carbocycles. The zero-order valence-corrected chi connectivity index (χ0v) is 52.0. The molecule has 0 amide bonds. The molecule has 79 heavy (non-hydrogen) atoms. The molecule has 0 aromatic heterocycles. The van der Waals surface area contributed by atoms with Gasteiger partial charge in [-0.3, -0.25) is 0 Å². The maximum absolute atomic E-state index is 10.1. The van der Waals surface area contributed by atoms with Gasteiger partial charge in [0.2, 0.25) is 0 Å². The van der Waals surface area contributed by atoms with Gasteiger partial charge in [0.1, 0.15) is 0 Å². The van der Waals surface area contributed by atoms with E-state index in [1.54, 1.807) is 0 Å². The van der Waals surface area contributed by atoms with Crippen LogP contribution >= 0.6 is 0 Å². The molecule has 12 nitrogen and oxygen atoms in total. The van der Waals surface area contributed by atoms with Gasteiger partial charge in [-0.05, 0) is 154 Å². The zero-order chi connectivity index (χ0) is 59.6. The van der Waals surface area contributed by atoms with Crippen LogP contribution in [0.15, 0.2) is 75.9 Å². The summed E-state index contributed by atoms with van der Waals surface area (Å²) >= 11 is 0. The second-order valence-corrected chi connectivity index (χ2v) is 19.9. The summed E-state index contributed by atoms with van der Waals surface area (Å²) in [5.41, 5.74) is 0. The van der Waals surface area contributed by atoms with Crippen molar-refractivity contribution in [1.29, 1.82) is 0 Å². The predicted octanol–water partition coefficient (Wildman–Crippen LogP) is 12.3.